The number of anilines is 2. The zero-order valence-electron chi connectivity index (χ0n) is 19.8. The quantitative estimate of drug-likeness (QED) is 0.449. The summed E-state index contributed by atoms with van der Waals surface area (Å²) in [6, 6.07) is 17.2. The van der Waals surface area contributed by atoms with Gasteiger partial charge in [-0.15, -0.1) is 0 Å². The van der Waals surface area contributed by atoms with Gasteiger partial charge in [-0.05, 0) is 48.9 Å². The summed E-state index contributed by atoms with van der Waals surface area (Å²) in [6.07, 6.45) is 0. The number of methoxy groups -OCH3 is 3. The average molecular weight is 499 g/mol. The molecule has 1 amide bonds. The average Bonchev–Trinajstić information content (AvgIpc) is 2.88. The highest BCUT2D eigenvalue weighted by molar-refractivity contribution is 7.92. The van der Waals surface area contributed by atoms with E-state index in [1.54, 1.807) is 55.5 Å². The van der Waals surface area contributed by atoms with Crippen LogP contribution in [0.4, 0.5) is 11.4 Å². The Labute approximate surface area is 204 Å². The van der Waals surface area contributed by atoms with Gasteiger partial charge in [-0.1, -0.05) is 24.3 Å². The summed E-state index contributed by atoms with van der Waals surface area (Å²) in [5, 5.41) is 2.69. The maximum atomic E-state index is 13.6. The Bertz CT molecular complexity index is 1320. The van der Waals surface area contributed by atoms with Crippen molar-refractivity contribution in [3.8, 4) is 11.5 Å². The Kier molecular flexibility index (Phi) is 7.98. The summed E-state index contributed by atoms with van der Waals surface area (Å²) in [5.74, 6) is -0.550. The Balaban J connectivity index is 2.04. The molecule has 0 saturated carbocycles. The Morgan fingerprint density at radius 2 is 1.63 bits per heavy atom. The first-order valence-corrected chi connectivity index (χ1v) is 11.9. The predicted octanol–water partition coefficient (Wildman–Crippen LogP) is 3.63. The SMILES string of the molecule is COC(=O)c1cccc(NC(=O)CN(c2cc(OC)ccc2OC)S(=O)(=O)c2ccccc2)c1C. The molecule has 0 atom stereocenters. The molecule has 3 rings (SSSR count). The number of amides is 1. The summed E-state index contributed by atoms with van der Waals surface area (Å²) >= 11 is 0. The maximum Gasteiger partial charge on any atom is 0.338 e. The lowest BCUT2D eigenvalue weighted by Crippen LogP contribution is -2.38. The number of carbonyl (C=O) groups is 2. The third-order valence-electron chi connectivity index (χ3n) is 5.29. The first-order valence-electron chi connectivity index (χ1n) is 10.5. The molecule has 0 aliphatic rings. The van der Waals surface area contributed by atoms with Crippen LogP contribution in [0.1, 0.15) is 15.9 Å². The van der Waals surface area contributed by atoms with E-state index in [4.69, 9.17) is 14.2 Å². The molecule has 0 heterocycles. The summed E-state index contributed by atoms with van der Waals surface area (Å²) in [5.41, 5.74) is 1.26. The highest BCUT2D eigenvalue weighted by atomic mass is 32.2. The number of hydrogen-bond donors (Lipinski definition) is 1. The Morgan fingerprint density at radius 3 is 2.26 bits per heavy atom. The second-order valence-electron chi connectivity index (χ2n) is 7.38. The van der Waals surface area contributed by atoms with E-state index < -0.39 is 28.4 Å². The number of nitrogens with one attached hydrogen (secondary N) is 1. The van der Waals surface area contributed by atoms with Crippen LogP contribution < -0.4 is 19.1 Å². The van der Waals surface area contributed by atoms with Gasteiger partial charge in [0.25, 0.3) is 10.0 Å². The molecule has 35 heavy (non-hydrogen) atoms. The number of carbonyl (C=O) groups excluding carboxylic acids is 2. The molecule has 1 N–H and O–H groups in total. The van der Waals surface area contributed by atoms with E-state index in [0.29, 0.717) is 17.0 Å². The number of rotatable bonds is 9. The summed E-state index contributed by atoms with van der Waals surface area (Å²) in [7, 11) is -0.0542. The lowest BCUT2D eigenvalue weighted by molar-refractivity contribution is -0.114. The lowest BCUT2D eigenvalue weighted by Gasteiger charge is -2.26. The highest BCUT2D eigenvalue weighted by Gasteiger charge is 2.30. The van der Waals surface area contributed by atoms with E-state index in [1.165, 1.54) is 39.5 Å². The Morgan fingerprint density at radius 1 is 0.914 bits per heavy atom. The summed E-state index contributed by atoms with van der Waals surface area (Å²) in [6.45, 7) is 1.09. The van der Waals surface area contributed by atoms with E-state index in [2.05, 4.69) is 5.32 Å². The van der Waals surface area contributed by atoms with Crippen LogP contribution in [0.5, 0.6) is 11.5 Å². The van der Waals surface area contributed by atoms with Crippen molar-refractivity contribution >= 4 is 33.3 Å². The van der Waals surface area contributed by atoms with Crippen LogP contribution in [0.3, 0.4) is 0 Å². The fourth-order valence-corrected chi connectivity index (χ4v) is 4.88. The lowest BCUT2D eigenvalue weighted by atomic mass is 10.1. The molecule has 0 radical (unpaired) electrons. The Hall–Kier alpha value is -4.05. The van der Waals surface area contributed by atoms with Crippen molar-refractivity contribution in [2.75, 3.05) is 37.5 Å². The van der Waals surface area contributed by atoms with Gasteiger partial charge in [-0.25, -0.2) is 13.2 Å². The normalized spacial score (nSPS) is 10.9. The minimum Gasteiger partial charge on any atom is -0.497 e. The van der Waals surface area contributed by atoms with Crippen LogP contribution in [0.15, 0.2) is 71.6 Å². The van der Waals surface area contributed by atoms with Gasteiger partial charge in [-0.2, -0.15) is 0 Å². The molecule has 0 fully saturated rings. The monoisotopic (exact) mass is 498 g/mol. The van der Waals surface area contributed by atoms with E-state index in [1.807, 2.05) is 0 Å². The van der Waals surface area contributed by atoms with Gasteiger partial charge < -0.3 is 19.5 Å². The molecule has 0 aliphatic heterocycles. The van der Waals surface area contributed by atoms with Crippen molar-refractivity contribution in [3.63, 3.8) is 0 Å². The summed E-state index contributed by atoms with van der Waals surface area (Å²) in [4.78, 5) is 25.1. The van der Waals surface area contributed by atoms with Crippen LogP contribution >= 0.6 is 0 Å². The van der Waals surface area contributed by atoms with Gasteiger partial charge in [-0.3, -0.25) is 9.10 Å². The fourth-order valence-electron chi connectivity index (χ4n) is 3.43. The standard InChI is InChI=1S/C25H26N2O7S/c1-17-20(25(29)34-4)11-8-12-21(17)26-24(28)16-27(35(30,31)19-9-6-5-7-10-19)22-15-18(32-2)13-14-23(22)33-3/h5-15H,16H2,1-4H3,(H,26,28). The van der Waals surface area contributed by atoms with Crippen molar-refractivity contribution in [3.05, 3.63) is 77.9 Å². The van der Waals surface area contributed by atoms with E-state index in [0.717, 1.165) is 4.31 Å². The first-order chi connectivity index (χ1) is 16.7. The summed E-state index contributed by atoms with van der Waals surface area (Å²) < 4.78 is 43.6. The molecule has 0 aromatic heterocycles. The smallest absolute Gasteiger partial charge is 0.338 e. The van der Waals surface area contributed by atoms with Gasteiger partial charge in [0.2, 0.25) is 5.91 Å². The van der Waals surface area contributed by atoms with Crippen LogP contribution in [0.2, 0.25) is 0 Å². The third-order valence-corrected chi connectivity index (χ3v) is 7.06. The number of nitrogens with zero attached hydrogens (tertiary/aromatic N) is 1. The molecule has 10 heteroatoms. The van der Waals surface area contributed by atoms with Gasteiger partial charge in [0.1, 0.15) is 18.0 Å². The number of benzene rings is 3. The molecule has 184 valence electrons. The molecule has 3 aromatic rings. The molecule has 0 unspecified atom stereocenters. The number of hydrogen-bond acceptors (Lipinski definition) is 7. The molecular weight excluding hydrogens is 472 g/mol. The molecular formula is C25H26N2O7S. The van der Waals surface area contributed by atoms with Gasteiger partial charge in [0.05, 0.1) is 37.5 Å². The van der Waals surface area contributed by atoms with Crippen LogP contribution in [-0.4, -0.2) is 48.2 Å². The van der Waals surface area contributed by atoms with Crippen molar-refractivity contribution in [1.82, 2.24) is 0 Å². The predicted molar refractivity (Wildman–Crippen MR) is 132 cm³/mol. The minimum atomic E-state index is -4.17. The largest absolute Gasteiger partial charge is 0.497 e. The van der Waals surface area contributed by atoms with Crippen molar-refractivity contribution in [2.24, 2.45) is 0 Å². The maximum absolute atomic E-state index is 13.6. The third kappa shape index (κ3) is 5.55. The molecule has 0 saturated heterocycles. The van der Waals surface area contributed by atoms with E-state index in [9.17, 15) is 18.0 Å². The minimum absolute atomic E-state index is 0.00143. The second-order valence-corrected chi connectivity index (χ2v) is 9.24. The first kappa shape index (κ1) is 25.6. The molecule has 0 spiro atoms. The van der Waals surface area contributed by atoms with E-state index >= 15 is 0 Å². The molecule has 0 bridgehead atoms. The fraction of sp³-hybridized carbons (Fsp3) is 0.200. The zero-order valence-corrected chi connectivity index (χ0v) is 20.6. The van der Waals surface area contributed by atoms with Gasteiger partial charge in [0, 0.05) is 11.8 Å². The highest BCUT2D eigenvalue weighted by Crippen LogP contribution is 2.35. The number of ether oxygens (including phenoxy) is 3. The zero-order chi connectivity index (χ0) is 25.6. The van der Waals surface area contributed by atoms with Crippen LogP contribution in [0, 0.1) is 6.92 Å². The van der Waals surface area contributed by atoms with Gasteiger partial charge >= 0.3 is 5.97 Å². The van der Waals surface area contributed by atoms with Crippen LogP contribution in [-0.2, 0) is 19.6 Å². The molecule has 0 aliphatic carbocycles. The number of sulfonamides is 1. The number of esters is 1. The second kappa shape index (κ2) is 10.9. The van der Waals surface area contributed by atoms with Crippen molar-refractivity contribution in [1.29, 1.82) is 0 Å². The van der Waals surface area contributed by atoms with Crippen LogP contribution in [0.25, 0.3) is 0 Å². The van der Waals surface area contributed by atoms with E-state index in [-0.39, 0.29) is 21.9 Å². The molecule has 9 nitrogen and oxygen atoms in total. The topological polar surface area (TPSA) is 111 Å². The van der Waals surface area contributed by atoms with Gasteiger partial charge in [0.15, 0.2) is 0 Å². The van der Waals surface area contributed by atoms with Crippen molar-refractivity contribution < 1.29 is 32.2 Å². The van der Waals surface area contributed by atoms with Crippen molar-refractivity contribution in [2.45, 2.75) is 11.8 Å². The molecule has 3 aromatic carbocycles.